The van der Waals surface area contributed by atoms with Gasteiger partial charge in [-0.2, -0.15) is 0 Å². The van der Waals surface area contributed by atoms with E-state index in [1.807, 2.05) is 37.3 Å². The first kappa shape index (κ1) is 21.9. The van der Waals surface area contributed by atoms with Crippen LogP contribution in [0.25, 0.3) is 0 Å². The van der Waals surface area contributed by atoms with Crippen LogP contribution in [0.5, 0.6) is 0 Å². The maximum Gasteiger partial charge on any atom is 0.408 e. The molecule has 2 aromatic rings. The summed E-state index contributed by atoms with van der Waals surface area (Å²) in [6.45, 7) is 3.67. The summed E-state index contributed by atoms with van der Waals surface area (Å²) in [5.74, 6) is -2.40. The lowest BCUT2D eigenvalue weighted by atomic mass is 9.99. The fourth-order valence-corrected chi connectivity index (χ4v) is 2.64. The van der Waals surface area contributed by atoms with Crippen LogP contribution in [0, 0.1) is 5.92 Å². The molecule has 0 saturated heterocycles. The molecular weight excluding hydrogens is 374 g/mol. The van der Waals surface area contributed by atoms with E-state index in [0.717, 1.165) is 5.56 Å². The lowest BCUT2D eigenvalue weighted by molar-refractivity contribution is -0.166. The number of hydrogen-bond acceptors (Lipinski definition) is 5. The minimum Gasteiger partial charge on any atom is -0.478 e. The third-order valence-electron chi connectivity index (χ3n) is 4.51. The minimum atomic E-state index is -1.46. The molecule has 2 aromatic carbocycles. The summed E-state index contributed by atoms with van der Waals surface area (Å²) in [6, 6.07) is 16.3. The van der Waals surface area contributed by atoms with Gasteiger partial charge in [0.1, 0.15) is 12.6 Å². The second-order valence-electron chi connectivity index (χ2n) is 6.64. The molecule has 0 fully saturated rings. The van der Waals surface area contributed by atoms with Crippen molar-refractivity contribution in [2.45, 2.75) is 39.0 Å². The van der Waals surface area contributed by atoms with Crippen LogP contribution in [0.2, 0.25) is 0 Å². The predicted octanol–water partition coefficient (Wildman–Crippen LogP) is 3.70. The molecule has 7 nitrogen and oxygen atoms in total. The molecule has 3 atom stereocenters. The van der Waals surface area contributed by atoms with Crippen LogP contribution >= 0.6 is 0 Å². The largest absolute Gasteiger partial charge is 0.478 e. The smallest absolute Gasteiger partial charge is 0.408 e. The van der Waals surface area contributed by atoms with Gasteiger partial charge in [-0.15, -0.1) is 0 Å². The Labute approximate surface area is 169 Å². The van der Waals surface area contributed by atoms with Crippen molar-refractivity contribution in [3.8, 4) is 0 Å². The van der Waals surface area contributed by atoms with Gasteiger partial charge < -0.3 is 19.9 Å². The van der Waals surface area contributed by atoms with Gasteiger partial charge >= 0.3 is 18.0 Å². The number of carboxylic acid groups (broad SMARTS) is 1. The number of aliphatic carboxylic acids is 1. The molecule has 0 saturated carbocycles. The van der Waals surface area contributed by atoms with Gasteiger partial charge in [0, 0.05) is 5.56 Å². The normalized spacial score (nSPS) is 13.6. The van der Waals surface area contributed by atoms with E-state index < -0.39 is 30.2 Å². The number of carboxylic acids is 1. The molecule has 2 N–H and O–H groups in total. The van der Waals surface area contributed by atoms with E-state index in [2.05, 4.69) is 5.32 Å². The van der Waals surface area contributed by atoms with E-state index >= 15 is 0 Å². The highest BCUT2D eigenvalue weighted by Crippen LogP contribution is 2.20. The van der Waals surface area contributed by atoms with E-state index in [0.29, 0.717) is 12.0 Å². The topological polar surface area (TPSA) is 102 Å². The predicted molar refractivity (Wildman–Crippen MR) is 106 cm³/mol. The van der Waals surface area contributed by atoms with E-state index in [-0.39, 0.29) is 12.5 Å². The molecule has 7 heteroatoms. The van der Waals surface area contributed by atoms with Gasteiger partial charge in [-0.25, -0.2) is 14.4 Å². The fraction of sp³-hybridized carbons (Fsp3) is 0.318. The van der Waals surface area contributed by atoms with Gasteiger partial charge in [0.15, 0.2) is 0 Å². The standard InChI is InChI=1S/C22H25NO6/c1-3-15(2)18(23-22(27)28-14-16-10-6-4-7-11-16)21(26)29-19(20(24)25)17-12-8-5-9-13-17/h4-13,15,18-19H,3,14H2,1-2H3,(H,23,27)(H,24,25)/t15-,18-,19?/m0/s1. The molecule has 0 heterocycles. The number of hydrogen-bond donors (Lipinski definition) is 2. The van der Waals surface area contributed by atoms with Crippen LogP contribution in [0.4, 0.5) is 4.79 Å². The quantitative estimate of drug-likeness (QED) is 0.624. The Hall–Kier alpha value is -3.35. The Bertz CT molecular complexity index is 809. The molecular formula is C22H25NO6. The first-order valence-corrected chi connectivity index (χ1v) is 9.37. The molecule has 154 valence electrons. The van der Waals surface area contributed by atoms with Crippen molar-refractivity contribution in [1.82, 2.24) is 5.32 Å². The highest BCUT2D eigenvalue weighted by molar-refractivity contribution is 5.84. The van der Waals surface area contributed by atoms with Crippen molar-refractivity contribution in [3.63, 3.8) is 0 Å². The zero-order valence-corrected chi connectivity index (χ0v) is 16.4. The first-order valence-electron chi connectivity index (χ1n) is 9.37. The number of carbonyl (C=O) groups excluding carboxylic acids is 2. The van der Waals surface area contributed by atoms with E-state index in [9.17, 15) is 19.5 Å². The van der Waals surface area contributed by atoms with Crippen LogP contribution in [-0.2, 0) is 25.7 Å². The monoisotopic (exact) mass is 399 g/mol. The molecule has 0 aliphatic carbocycles. The van der Waals surface area contributed by atoms with Gasteiger partial charge in [0.2, 0.25) is 6.10 Å². The van der Waals surface area contributed by atoms with E-state index in [1.165, 1.54) is 0 Å². The summed E-state index contributed by atoms with van der Waals surface area (Å²) in [6.07, 6.45) is -1.66. The highest BCUT2D eigenvalue weighted by Gasteiger charge is 2.32. The number of esters is 1. The number of carbonyl (C=O) groups is 3. The summed E-state index contributed by atoms with van der Waals surface area (Å²) in [5, 5.41) is 12.0. The molecule has 0 aliphatic rings. The van der Waals surface area contributed by atoms with Crippen LogP contribution in [0.1, 0.15) is 37.5 Å². The Morgan fingerprint density at radius 2 is 1.59 bits per heavy atom. The van der Waals surface area contributed by atoms with E-state index in [1.54, 1.807) is 37.3 Å². The zero-order valence-electron chi connectivity index (χ0n) is 16.4. The second kappa shape index (κ2) is 10.8. The zero-order chi connectivity index (χ0) is 21.2. The van der Waals surface area contributed by atoms with Crippen LogP contribution in [0.3, 0.4) is 0 Å². The summed E-state index contributed by atoms with van der Waals surface area (Å²) >= 11 is 0. The number of ether oxygens (including phenoxy) is 2. The number of rotatable bonds is 9. The maximum absolute atomic E-state index is 12.7. The number of amides is 1. The Kier molecular flexibility index (Phi) is 8.21. The Morgan fingerprint density at radius 3 is 2.14 bits per heavy atom. The van der Waals surface area contributed by atoms with Gasteiger partial charge in [-0.1, -0.05) is 80.9 Å². The minimum absolute atomic E-state index is 0.0523. The summed E-state index contributed by atoms with van der Waals surface area (Å²) < 4.78 is 10.4. The summed E-state index contributed by atoms with van der Waals surface area (Å²) in [4.78, 5) is 36.5. The van der Waals surface area contributed by atoms with E-state index in [4.69, 9.17) is 9.47 Å². The molecule has 1 amide bonds. The molecule has 0 radical (unpaired) electrons. The van der Waals surface area contributed by atoms with Gasteiger partial charge in [0.05, 0.1) is 0 Å². The average molecular weight is 399 g/mol. The highest BCUT2D eigenvalue weighted by atomic mass is 16.6. The third kappa shape index (κ3) is 6.64. The molecule has 1 unspecified atom stereocenters. The molecule has 0 aromatic heterocycles. The van der Waals surface area contributed by atoms with Crippen molar-refractivity contribution < 1.29 is 29.0 Å². The van der Waals surface area contributed by atoms with Crippen molar-refractivity contribution in [3.05, 3.63) is 71.8 Å². The summed E-state index contributed by atoms with van der Waals surface area (Å²) in [5.41, 5.74) is 1.14. The molecule has 0 spiro atoms. The van der Waals surface area contributed by atoms with Crippen molar-refractivity contribution >= 4 is 18.0 Å². The Balaban J connectivity index is 2.04. The van der Waals surface area contributed by atoms with Crippen molar-refractivity contribution in [1.29, 1.82) is 0 Å². The second-order valence-corrected chi connectivity index (χ2v) is 6.64. The lowest BCUT2D eigenvalue weighted by Crippen LogP contribution is -2.46. The molecule has 29 heavy (non-hydrogen) atoms. The van der Waals surface area contributed by atoms with Crippen LogP contribution < -0.4 is 5.32 Å². The average Bonchev–Trinajstić information content (AvgIpc) is 2.74. The van der Waals surface area contributed by atoms with Gasteiger partial charge in [0.25, 0.3) is 0 Å². The Morgan fingerprint density at radius 1 is 1.00 bits per heavy atom. The SMILES string of the molecule is CC[C@H](C)[C@H](NC(=O)OCc1ccccc1)C(=O)OC(C(=O)O)c1ccccc1. The van der Waals surface area contributed by atoms with Crippen molar-refractivity contribution in [2.24, 2.45) is 5.92 Å². The van der Waals surface area contributed by atoms with Crippen LogP contribution in [-0.4, -0.2) is 29.2 Å². The maximum atomic E-state index is 12.7. The molecule has 0 aliphatic heterocycles. The lowest BCUT2D eigenvalue weighted by Gasteiger charge is -2.24. The fourth-order valence-electron chi connectivity index (χ4n) is 2.64. The summed E-state index contributed by atoms with van der Waals surface area (Å²) in [7, 11) is 0. The molecule has 2 rings (SSSR count). The molecule has 0 bridgehead atoms. The van der Waals surface area contributed by atoms with Gasteiger partial charge in [-0.05, 0) is 11.5 Å². The van der Waals surface area contributed by atoms with Crippen LogP contribution in [0.15, 0.2) is 60.7 Å². The number of nitrogens with one attached hydrogen (secondary N) is 1. The first-order chi connectivity index (χ1) is 13.9. The van der Waals surface area contributed by atoms with Crippen molar-refractivity contribution in [2.75, 3.05) is 0 Å². The van der Waals surface area contributed by atoms with Gasteiger partial charge in [-0.3, -0.25) is 0 Å². The third-order valence-corrected chi connectivity index (χ3v) is 4.51. The number of benzene rings is 2. The number of alkyl carbamates (subject to hydrolysis) is 1.